The van der Waals surface area contributed by atoms with Gasteiger partial charge in [0.1, 0.15) is 0 Å². The molecule has 0 aromatic rings. The highest BCUT2D eigenvalue weighted by Gasteiger charge is 2.28. The Bertz CT molecular complexity index is 346. The van der Waals surface area contributed by atoms with Gasteiger partial charge >= 0.3 is 0 Å². The molecule has 0 aliphatic carbocycles. The molecule has 0 aliphatic heterocycles. The minimum Gasteiger partial charge on any atom is -0.550 e. The minimum absolute atomic E-state index is 0.127. The van der Waals surface area contributed by atoms with Gasteiger partial charge in [0.15, 0.2) is 0 Å². The fraction of sp³-hybridized carbons (Fsp3) is 0.963. The Kier molecular flexibility index (Phi) is 21.2. The Hall–Kier alpha value is -0.570. The maximum Gasteiger partial charge on any atom is 0.0998 e. The smallest absolute Gasteiger partial charge is 0.0998 e. The molecule has 0 amide bonds. The van der Waals surface area contributed by atoms with Crippen LogP contribution >= 0.6 is 0 Å². The highest BCUT2D eigenvalue weighted by Crippen LogP contribution is 2.23. The van der Waals surface area contributed by atoms with Crippen molar-refractivity contribution in [2.75, 3.05) is 0 Å². The normalized spacial score (nSPS) is 11.8. The van der Waals surface area contributed by atoms with Crippen LogP contribution in [-0.4, -0.2) is 11.5 Å². The topological polar surface area (TPSA) is 67.8 Å². The van der Waals surface area contributed by atoms with E-state index in [4.69, 9.17) is 0 Å². The van der Waals surface area contributed by atoms with Gasteiger partial charge in [-0.2, -0.15) is 0 Å². The van der Waals surface area contributed by atoms with E-state index in [1.54, 1.807) is 0 Å². The fourth-order valence-electron chi connectivity index (χ4n) is 4.58. The van der Waals surface area contributed by atoms with Gasteiger partial charge < -0.3 is 15.6 Å². The monoisotopic (exact) mass is 425 g/mol. The third-order valence-corrected chi connectivity index (χ3v) is 6.64. The molecule has 3 heteroatoms. The minimum atomic E-state index is -0.927. The first kappa shape index (κ1) is 29.4. The maximum atomic E-state index is 11.2. The summed E-state index contributed by atoms with van der Waals surface area (Å²) in [4.78, 5) is 11.2. The van der Waals surface area contributed by atoms with E-state index >= 15 is 0 Å². The number of carboxylic acids is 1. The van der Waals surface area contributed by atoms with Crippen molar-refractivity contribution in [3.05, 3.63) is 0 Å². The van der Waals surface area contributed by atoms with Crippen molar-refractivity contribution >= 4 is 5.97 Å². The number of unbranched alkanes of at least 4 members (excludes halogenated alkanes) is 18. The van der Waals surface area contributed by atoms with Gasteiger partial charge in [0.2, 0.25) is 0 Å². The molecule has 0 saturated heterocycles. The summed E-state index contributed by atoms with van der Waals surface area (Å²) < 4.78 is 0. The van der Waals surface area contributed by atoms with Gasteiger partial charge in [0, 0.05) is 25.2 Å². The number of carbonyl (C=O) groups excluding carboxylic acids is 1. The van der Waals surface area contributed by atoms with Gasteiger partial charge in [-0.1, -0.05) is 129 Å². The zero-order chi connectivity index (χ0) is 22.3. The second-order valence-electron chi connectivity index (χ2n) is 9.91. The van der Waals surface area contributed by atoms with Gasteiger partial charge in [-0.15, -0.1) is 0 Å². The summed E-state index contributed by atoms with van der Waals surface area (Å²) in [6.07, 6.45) is 28.3. The molecule has 0 saturated carbocycles. The summed E-state index contributed by atoms with van der Waals surface area (Å²) in [5.41, 5.74) is 4.03. The van der Waals surface area contributed by atoms with Crippen molar-refractivity contribution in [3.8, 4) is 0 Å². The Morgan fingerprint density at radius 2 is 0.833 bits per heavy atom. The van der Waals surface area contributed by atoms with Crippen LogP contribution in [0.25, 0.3) is 0 Å². The summed E-state index contributed by atoms with van der Waals surface area (Å²) in [6.45, 7) is 4.53. The summed E-state index contributed by atoms with van der Waals surface area (Å²) in [5.74, 6) is -0.927. The van der Waals surface area contributed by atoms with Gasteiger partial charge in [-0.25, -0.2) is 0 Å². The van der Waals surface area contributed by atoms with Crippen molar-refractivity contribution in [1.82, 2.24) is 0 Å². The van der Waals surface area contributed by atoms with Gasteiger partial charge in [-0.05, 0) is 12.8 Å². The quantitative estimate of drug-likeness (QED) is 0.174. The molecule has 3 nitrogen and oxygen atoms in total. The molecule has 0 aliphatic rings. The molecule has 0 heterocycles. The van der Waals surface area contributed by atoms with Crippen LogP contribution in [0.15, 0.2) is 0 Å². The molecular formula is C27H55NO2. The second kappa shape index (κ2) is 21.7. The summed E-state index contributed by atoms with van der Waals surface area (Å²) in [6, 6.07) is 0. The highest BCUT2D eigenvalue weighted by molar-refractivity contribution is 5.65. The summed E-state index contributed by atoms with van der Waals surface area (Å²) in [5, 5.41) is 11.2. The Morgan fingerprint density at radius 1 is 0.567 bits per heavy atom. The van der Waals surface area contributed by atoms with E-state index in [0.29, 0.717) is 0 Å². The first-order valence-corrected chi connectivity index (χ1v) is 13.6. The molecule has 0 radical (unpaired) electrons. The molecule has 0 unspecified atom stereocenters. The Balaban J connectivity index is 3.76. The average molecular weight is 426 g/mol. The van der Waals surface area contributed by atoms with Gasteiger partial charge in [0.25, 0.3) is 0 Å². The SMILES string of the molecule is CCCCCCCCCCCCC([NH3+])(CCCCCCCCCCCC)CC(=O)[O-]. The highest BCUT2D eigenvalue weighted by atomic mass is 16.4. The molecule has 3 N–H and O–H groups in total. The fourth-order valence-corrected chi connectivity index (χ4v) is 4.58. The van der Waals surface area contributed by atoms with Crippen LogP contribution in [-0.2, 0) is 4.79 Å². The van der Waals surface area contributed by atoms with Crippen LogP contribution in [0.4, 0.5) is 0 Å². The lowest BCUT2D eigenvalue weighted by atomic mass is 9.84. The van der Waals surface area contributed by atoms with Crippen molar-refractivity contribution in [2.45, 2.75) is 167 Å². The Morgan fingerprint density at radius 3 is 1.10 bits per heavy atom. The van der Waals surface area contributed by atoms with Crippen molar-refractivity contribution in [2.24, 2.45) is 0 Å². The van der Waals surface area contributed by atoms with Crippen LogP contribution in [0.3, 0.4) is 0 Å². The lowest BCUT2D eigenvalue weighted by Crippen LogP contribution is -2.73. The van der Waals surface area contributed by atoms with E-state index in [0.717, 1.165) is 25.7 Å². The molecule has 180 valence electrons. The van der Waals surface area contributed by atoms with Crippen LogP contribution < -0.4 is 10.8 Å². The zero-order valence-corrected chi connectivity index (χ0v) is 20.8. The summed E-state index contributed by atoms with van der Waals surface area (Å²) >= 11 is 0. The van der Waals surface area contributed by atoms with Crippen LogP contribution in [0, 0.1) is 0 Å². The molecular weight excluding hydrogens is 370 g/mol. The number of aliphatic carboxylic acids is 1. The Labute approximate surface area is 189 Å². The maximum absolute atomic E-state index is 11.2. The lowest BCUT2D eigenvalue weighted by molar-refractivity contribution is -0.484. The van der Waals surface area contributed by atoms with Gasteiger partial charge in [-0.3, -0.25) is 0 Å². The first-order valence-electron chi connectivity index (χ1n) is 13.6. The molecule has 0 bridgehead atoms. The third kappa shape index (κ3) is 20.7. The second-order valence-corrected chi connectivity index (χ2v) is 9.91. The number of quaternary nitrogens is 1. The molecule has 0 aromatic carbocycles. The first-order chi connectivity index (χ1) is 14.5. The van der Waals surface area contributed by atoms with Gasteiger partial charge in [0.05, 0.1) is 5.54 Å². The standard InChI is InChI=1S/C27H55NO2/c1-3-5-7-9-11-13-15-17-19-21-23-27(28,25-26(29)30)24-22-20-18-16-14-12-10-8-6-4-2/h3-25,28H2,1-2H3,(H,29,30). The summed E-state index contributed by atoms with van der Waals surface area (Å²) in [7, 11) is 0. The molecule has 0 atom stereocenters. The van der Waals surface area contributed by atoms with E-state index in [9.17, 15) is 9.90 Å². The third-order valence-electron chi connectivity index (χ3n) is 6.64. The van der Waals surface area contributed by atoms with E-state index < -0.39 is 5.97 Å². The molecule has 0 spiro atoms. The predicted octanol–water partition coefficient (Wildman–Crippen LogP) is 6.73. The number of carbonyl (C=O) groups is 1. The van der Waals surface area contributed by atoms with Crippen molar-refractivity contribution in [1.29, 1.82) is 0 Å². The van der Waals surface area contributed by atoms with E-state index in [1.165, 1.54) is 116 Å². The van der Waals surface area contributed by atoms with Crippen molar-refractivity contribution in [3.63, 3.8) is 0 Å². The molecule has 30 heavy (non-hydrogen) atoms. The number of hydrogen-bond donors (Lipinski definition) is 1. The van der Waals surface area contributed by atoms with E-state index in [2.05, 4.69) is 19.6 Å². The number of carboxylic acid groups (broad SMARTS) is 1. The number of hydrogen-bond acceptors (Lipinski definition) is 2. The molecule has 0 aromatic heterocycles. The molecule has 0 fully saturated rings. The van der Waals surface area contributed by atoms with Crippen LogP contribution in [0.2, 0.25) is 0 Å². The average Bonchev–Trinajstić information content (AvgIpc) is 2.70. The van der Waals surface area contributed by atoms with Crippen molar-refractivity contribution < 1.29 is 15.6 Å². The zero-order valence-electron chi connectivity index (χ0n) is 20.8. The van der Waals surface area contributed by atoms with Crippen LogP contribution in [0.5, 0.6) is 0 Å². The number of rotatable bonds is 24. The molecule has 0 rings (SSSR count). The predicted molar refractivity (Wildman–Crippen MR) is 128 cm³/mol. The van der Waals surface area contributed by atoms with Crippen LogP contribution in [0.1, 0.15) is 162 Å². The van der Waals surface area contributed by atoms with E-state index in [1.807, 2.05) is 0 Å². The largest absolute Gasteiger partial charge is 0.550 e. The van der Waals surface area contributed by atoms with E-state index in [-0.39, 0.29) is 12.0 Å². The lowest BCUT2D eigenvalue weighted by Gasteiger charge is -2.26.